The molecule has 5 aliphatic rings. The first-order chi connectivity index (χ1) is 23.1. The van der Waals surface area contributed by atoms with Gasteiger partial charge in [-0.15, -0.1) is 0 Å². The van der Waals surface area contributed by atoms with Crippen molar-refractivity contribution in [3.8, 4) is 0 Å². The molecule has 14 heteroatoms. The number of carbonyl (C=O) groups is 5. The molecule has 4 fully saturated rings. The highest BCUT2D eigenvalue weighted by Gasteiger charge is 2.45. The average molecular weight is 665 g/mol. The lowest BCUT2D eigenvalue weighted by Gasteiger charge is -2.40. The number of benzene rings is 1. The number of anilines is 1. The molecule has 48 heavy (non-hydrogen) atoms. The summed E-state index contributed by atoms with van der Waals surface area (Å²) in [6, 6.07) is 1.61. The van der Waals surface area contributed by atoms with Crippen LogP contribution < -0.4 is 27.0 Å². The van der Waals surface area contributed by atoms with Gasteiger partial charge < -0.3 is 26.6 Å². The van der Waals surface area contributed by atoms with Crippen LogP contribution >= 0.6 is 0 Å². The number of rotatable bonds is 8. The predicted molar refractivity (Wildman–Crippen MR) is 176 cm³/mol. The molecule has 3 saturated heterocycles. The number of hydrogen-bond donors (Lipinski definition) is 4. The zero-order valence-electron chi connectivity index (χ0n) is 27.2. The molecule has 0 radical (unpaired) electrons. The summed E-state index contributed by atoms with van der Waals surface area (Å²) in [6.45, 7) is 5.09. The van der Waals surface area contributed by atoms with Crippen LogP contribution in [0.4, 0.5) is 10.1 Å². The van der Waals surface area contributed by atoms with Crippen molar-refractivity contribution in [1.82, 2.24) is 25.3 Å². The Morgan fingerprint density at radius 1 is 0.875 bits per heavy atom. The summed E-state index contributed by atoms with van der Waals surface area (Å²) >= 11 is 0. The van der Waals surface area contributed by atoms with Crippen molar-refractivity contribution in [2.75, 3.05) is 50.7 Å². The number of halogens is 1. The molecule has 1 aliphatic carbocycles. The number of carbonyl (C=O) groups excluding carboxylic acids is 5. The van der Waals surface area contributed by atoms with Crippen molar-refractivity contribution in [3.63, 3.8) is 0 Å². The largest absolute Gasteiger partial charge is 0.394 e. The summed E-state index contributed by atoms with van der Waals surface area (Å²) in [5.74, 6) is -2.28. The van der Waals surface area contributed by atoms with Crippen molar-refractivity contribution >= 4 is 35.2 Å². The fourth-order valence-electron chi connectivity index (χ4n) is 7.50. The van der Waals surface area contributed by atoms with Crippen LogP contribution in [0, 0.1) is 11.7 Å². The maximum absolute atomic E-state index is 15.3. The Balaban J connectivity index is 0.972. The Hall–Kier alpha value is -4.46. The number of piperazine rings is 1. The van der Waals surface area contributed by atoms with Gasteiger partial charge in [-0.25, -0.2) is 4.39 Å². The second-order valence-electron chi connectivity index (χ2n) is 13.5. The minimum Gasteiger partial charge on any atom is -0.394 e. The van der Waals surface area contributed by atoms with Gasteiger partial charge in [-0.2, -0.15) is 0 Å². The maximum Gasteiger partial charge on any atom is 0.267 e. The molecule has 0 bridgehead atoms. The highest BCUT2D eigenvalue weighted by Crippen LogP contribution is 2.33. The standard InChI is InChI=1S/C34H45FN8O5/c35-25-18-23-24(34(48)43(33(23)47)27-7-9-30(44)39-32(27)46)19-28(25)41-16-14-40(15-17-41)20-21-10-12-42(13-11-21)29(37)8-6-26(36)31(45)38-22-4-2-1-3-5-22/h6,8,18-19,21-22,27H,1-5,7,9-17,20,36-37H2,(H,38,45)(H,39,44,46)/b26-6-,29-8+. The van der Waals surface area contributed by atoms with Gasteiger partial charge in [0.1, 0.15) is 11.9 Å². The van der Waals surface area contributed by atoms with E-state index in [9.17, 15) is 24.0 Å². The van der Waals surface area contributed by atoms with E-state index in [0.717, 1.165) is 82.2 Å². The van der Waals surface area contributed by atoms with Crippen molar-refractivity contribution in [2.24, 2.45) is 17.4 Å². The molecular formula is C34H45FN8O5. The minimum absolute atomic E-state index is 0.0205. The molecule has 1 aromatic rings. The molecule has 258 valence electrons. The predicted octanol–water partition coefficient (Wildman–Crippen LogP) is 1.15. The lowest BCUT2D eigenvalue weighted by molar-refractivity contribution is -0.136. The molecule has 0 aromatic heterocycles. The monoisotopic (exact) mass is 664 g/mol. The number of allylic oxidation sites excluding steroid dienone is 2. The Morgan fingerprint density at radius 3 is 2.21 bits per heavy atom. The number of nitrogens with one attached hydrogen (secondary N) is 2. The van der Waals surface area contributed by atoms with Gasteiger partial charge in [-0.3, -0.25) is 39.1 Å². The van der Waals surface area contributed by atoms with Crippen LogP contribution in [0.15, 0.2) is 35.8 Å². The van der Waals surface area contributed by atoms with E-state index in [1.165, 1.54) is 12.5 Å². The van der Waals surface area contributed by atoms with Gasteiger partial charge in [0, 0.05) is 58.3 Å². The maximum atomic E-state index is 15.3. The molecule has 6 rings (SSSR count). The third-order valence-corrected chi connectivity index (χ3v) is 10.4. The highest BCUT2D eigenvalue weighted by molar-refractivity contribution is 6.23. The van der Waals surface area contributed by atoms with E-state index in [0.29, 0.717) is 24.8 Å². The fraction of sp³-hybridized carbons (Fsp3) is 0.559. The number of nitrogens with two attached hydrogens (primary N) is 2. The third-order valence-electron chi connectivity index (χ3n) is 10.4. The molecule has 4 aliphatic heterocycles. The number of fused-ring (bicyclic) bond motifs is 1. The summed E-state index contributed by atoms with van der Waals surface area (Å²) in [5.41, 5.74) is 12.8. The van der Waals surface area contributed by atoms with Crippen LogP contribution in [0.3, 0.4) is 0 Å². The van der Waals surface area contributed by atoms with Crippen LogP contribution in [-0.2, 0) is 14.4 Å². The lowest BCUT2D eigenvalue weighted by atomic mass is 9.95. The van der Waals surface area contributed by atoms with Gasteiger partial charge in [0.25, 0.3) is 17.7 Å². The Kier molecular flexibility index (Phi) is 9.99. The van der Waals surface area contributed by atoms with Gasteiger partial charge in [0.15, 0.2) is 0 Å². The second kappa shape index (κ2) is 14.3. The van der Waals surface area contributed by atoms with Crippen molar-refractivity contribution in [1.29, 1.82) is 0 Å². The van der Waals surface area contributed by atoms with E-state index in [4.69, 9.17) is 11.5 Å². The summed E-state index contributed by atoms with van der Waals surface area (Å²) < 4.78 is 15.3. The Bertz CT molecular complexity index is 1520. The van der Waals surface area contributed by atoms with Crippen molar-refractivity contribution < 1.29 is 28.4 Å². The quantitative estimate of drug-likeness (QED) is 0.179. The van der Waals surface area contributed by atoms with Crippen molar-refractivity contribution in [3.05, 3.63) is 52.7 Å². The topological polar surface area (TPSA) is 174 Å². The van der Waals surface area contributed by atoms with Gasteiger partial charge in [0.2, 0.25) is 11.8 Å². The zero-order chi connectivity index (χ0) is 33.9. The first-order valence-corrected chi connectivity index (χ1v) is 17.1. The second-order valence-corrected chi connectivity index (χ2v) is 13.5. The molecule has 1 saturated carbocycles. The number of hydrogen-bond acceptors (Lipinski definition) is 10. The molecule has 1 atom stereocenters. The molecule has 0 spiro atoms. The van der Waals surface area contributed by atoms with Gasteiger partial charge in [0.05, 0.1) is 28.3 Å². The van der Waals surface area contributed by atoms with E-state index in [-0.39, 0.29) is 47.3 Å². The summed E-state index contributed by atoms with van der Waals surface area (Å²) in [4.78, 5) is 69.8. The summed E-state index contributed by atoms with van der Waals surface area (Å²) in [5, 5.41) is 5.19. The van der Waals surface area contributed by atoms with E-state index in [1.54, 1.807) is 12.2 Å². The number of nitrogens with zero attached hydrogens (tertiary/aromatic N) is 4. The Morgan fingerprint density at radius 2 is 1.54 bits per heavy atom. The van der Waals surface area contributed by atoms with Crippen LogP contribution in [-0.4, -0.2) is 102 Å². The van der Waals surface area contributed by atoms with Crippen LogP contribution in [0.2, 0.25) is 0 Å². The third kappa shape index (κ3) is 7.18. The molecule has 6 N–H and O–H groups in total. The van der Waals surface area contributed by atoms with Crippen molar-refractivity contribution in [2.45, 2.75) is 69.9 Å². The molecular weight excluding hydrogens is 619 g/mol. The first-order valence-electron chi connectivity index (χ1n) is 17.1. The van der Waals surface area contributed by atoms with E-state index >= 15 is 4.39 Å². The molecule has 1 unspecified atom stereocenters. The number of likely N-dealkylation sites (tertiary alicyclic amines) is 1. The minimum atomic E-state index is -1.09. The lowest BCUT2D eigenvalue weighted by Crippen LogP contribution is -2.54. The van der Waals surface area contributed by atoms with Gasteiger partial charge in [-0.05, 0) is 62.3 Å². The SMILES string of the molecule is N/C(=C\C=C(/N)N1CCC(CN2CCN(c3cc4c(cc3F)C(=O)N(C3CCC(=O)NC3=O)C4=O)CC2)CC1)C(=O)NC1CCCCC1. The normalized spacial score (nSPS) is 23.9. The van der Waals surface area contributed by atoms with Crippen LogP contribution in [0.5, 0.6) is 0 Å². The van der Waals surface area contributed by atoms with Crippen LogP contribution in [0.1, 0.15) is 78.5 Å². The number of piperidine rings is 2. The molecule has 5 amide bonds. The van der Waals surface area contributed by atoms with E-state index in [1.807, 2.05) is 4.90 Å². The summed E-state index contributed by atoms with van der Waals surface area (Å²) in [7, 11) is 0. The summed E-state index contributed by atoms with van der Waals surface area (Å²) in [6.07, 6.45) is 10.8. The first kappa shape index (κ1) is 33.4. The van der Waals surface area contributed by atoms with E-state index in [2.05, 4.69) is 20.4 Å². The Labute approximate surface area is 279 Å². The number of amides is 5. The number of imide groups is 2. The zero-order valence-corrected chi connectivity index (χ0v) is 27.2. The van der Waals surface area contributed by atoms with E-state index < -0.39 is 35.5 Å². The van der Waals surface area contributed by atoms with Gasteiger partial charge in [-0.1, -0.05) is 19.3 Å². The highest BCUT2D eigenvalue weighted by atomic mass is 19.1. The van der Waals surface area contributed by atoms with Crippen LogP contribution in [0.25, 0.3) is 0 Å². The smallest absolute Gasteiger partial charge is 0.267 e. The fourth-order valence-corrected chi connectivity index (χ4v) is 7.50. The van der Waals surface area contributed by atoms with Gasteiger partial charge >= 0.3 is 0 Å². The molecule has 4 heterocycles. The molecule has 13 nitrogen and oxygen atoms in total. The average Bonchev–Trinajstić information content (AvgIpc) is 3.32. The molecule has 1 aromatic carbocycles.